The molecule has 0 aromatic rings. The molecule has 1 aliphatic heterocycles. The third kappa shape index (κ3) is 2.80. The molecule has 190 valence electrons. The van der Waals surface area contributed by atoms with Crippen LogP contribution in [0.4, 0.5) is 4.39 Å². The van der Waals surface area contributed by atoms with Gasteiger partial charge in [0.15, 0.2) is 17.2 Å². The van der Waals surface area contributed by atoms with Crippen molar-refractivity contribution in [3.63, 3.8) is 0 Å². The first-order valence-corrected chi connectivity index (χ1v) is 12.6. The monoisotopic (exact) mass is 480 g/mol. The van der Waals surface area contributed by atoms with Crippen LogP contribution in [0.1, 0.15) is 66.2 Å². The number of ether oxygens (including phenoxy) is 4. The summed E-state index contributed by atoms with van der Waals surface area (Å²) in [5.41, 5.74) is -4.30. The number of aliphatic hydroxyl groups is 1. The Kier molecular flexibility index (Phi) is 5.52. The second-order valence-corrected chi connectivity index (χ2v) is 11.4. The van der Waals surface area contributed by atoms with E-state index in [1.807, 2.05) is 20.8 Å². The zero-order valence-corrected chi connectivity index (χ0v) is 20.8. The maximum Gasteiger partial charge on any atom is 0.281 e. The number of hydrogen-bond acceptors (Lipinski definition) is 7. The second kappa shape index (κ2) is 7.65. The van der Waals surface area contributed by atoms with Gasteiger partial charge in [-0.1, -0.05) is 19.4 Å². The molecule has 4 aliphatic carbocycles. The SMILES string of the molecule is CCOC1(C)OCC(=O)[C@@]2(O1)[C@H](OC)C[C@H]1[C@@H]3CCC4=CC(=O)CC[C@]4(C)[C@@]3(F)[C@@H](O)C[C@@]12C. The van der Waals surface area contributed by atoms with E-state index in [0.29, 0.717) is 32.3 Å². The quantitative estimate of drug-likeness (QED) is 0.663. The molecular formula is C26H37FO7. The number of ketones is 2. The van der Waals surface area contributed by atoms with Crippen molar-refractivity contribution in [3.05, 3.63) is 11.6 Å². The molecule has 9 atom stereocenters. The number of hydrogen-bond donors (Lipinski definition) is 1. The van der Waals surface area contributed by atoms with Crippen molar-refractivity contribution >= 4 is 11.6 Å². The predicted molar refractivity (Wildman–Crippen MR) is 119 cm³/mol. The Morgan fingerprint density at radius 1 is 1.21 bits per heavy atom. The molecular weight excluding hydrogens is 443 g/mol. The fraction of sp³-hybridized carbons (Fsp3) is 0.846. The molecule has 3 saturated carbocycles. The maximum absolute atomic E-state index is 17.4. The van der Waals surface area contributed by atoms with E-state index in [4.69, 9.17) is 18.9 Å². The minimum absolute atomic E-state index is 0.0281. The highest BCUT2D eigenvalue weighted by Crippen LogP contribution is 2.71. The fourth-order valence-electron chi connectivity index (χ4n) is 8.50. The number of carbonyl (C=O) groups is 2. The van der Waals surface area contributed by atoms with Crippen LogP contribution in [-0.4, -0.2) is 66.4 Å². The van der Waals surface area contributed by atoms with Crippen LogP contribution in [0, 0.1) is 22.7 Å². The van der Waals surface area contributed by atoms with Gasteiger partial charge in [-0.15, -0.1) is 0 Å². The smallest absolute Gasteiger partial charge is 0.281 e. The van der Waals surface area contributed by atoms with E-state index >= 15 is 4.39 Å². The molecule has 4 fully saturated rings. The molecule has 5 rings (SSSR count). The van der Waals surface area contributed by atoms with E-state index in [0.717, 1.165) is 5.57 Å². The Morgan fingerprint density at radius 3 is 2.62 bits per heavy atom. The van der Waals surface area contributed by atoms with Crippen LogP contribution in [0.15, 0.2) is 11.6 Å². The maximum atomic E-state index is 17.4. The van der Waals surface area contributed by atoms with Crippen LogP contribution in [0.2, 0.25) is 0 Å². The summed E-state index contributed by atoms with van der Waals surface area (Å²) < 4.78 is 41.1. The predicted octanol–water partition coefficient (Wildman–Crippen LogP) is 3.27. The lowest BCUT2D eigenvalue weighted by Crippen LogP contribution is -2.73. The zero-order valence-electron chi connectivity index (χ0n) is 20.8. The number of Topliss-reactive ketones (excluding diaryl/α,β-unsaturated/α-hetero) is 1. The average Bonchev–Trinajstić information content (AvgIpc) is 3.01. The normalized spacial score (nSPS) is 52.7. The number of carbonyl (C=O) groups excluding carboxylic acids is 2. The number of allylic oxidation sites excluding steroid dienone is 1. The molecule has 1 heterocycles. The summed E-state index contributed by atoms with van der Waals surface area (Å²) in [4.78, 5) is 25.7. The number of rotatable bonds is 3. The van der Waals surface area contributed by atoms with E-state index in [9.17, 15) is 14.7 Å². The van der Waals surface area contributed by atoms with Crippen molar-refractivity contribution in [1.29, 1.82) is 0 Å². The van der Waals surface area contributed by atoms with Gasteiger partial charge in [-0.3, -0.25) is 9.59 Å². The molecule has 1 spiro atoms. The van der Waals surface area contributed by atoms with Crippen molar-refractivity contribution in [2.45, 2.75) is 95.7 Å². The van der Waals surface area contributed by atoms with Gasteiger partial charge in [-0.25, -0.2) is 4.39 Å². The van der Waals surface area contributed by atoms with Crippen molar-refractivity contribution in [2.75, 3.05) is 20.3 Å². The van der Waals surface area contributed by atoms with Crippen molar-refractivity contribution in [3.8, 4) is 0 Å². The Morgan fingerprint density at radius 2 is 1.94 bits per heavy atom. The van der Waals surface area contributed by atoms with Crippen LogP contribution in [0.3, 0.4) is 0 Å². The lowest BCUT2D eigenvalue weighted by molar-refractivity contribution is -0.428. The first kappa shape index (κ1) is 24.5. The van der Waals surface area contributed by atoms with Crippen LogP contribution in [-0.2, 0) is 28.5 Å². The highest BCUT2D eigenvalue weighted by atomic mass is 19.1. The summed E-state index contributed by atoms with van der Waals surface area (Å²) in [5.74, 6) is -2.42. The van der Waals surface area contributed by atoms with Gasteiger partial charge in [0.2, 0.25) is 0 Å². The molecule has 0 aromatic heterocycles. The number of methoxy groups -OCH3 is 1. The molecule has 1 unspecified atom stereocenters. The Balaban J connectivity index is 1.62. The van der Waals surface area contributed by atoms with E-state index in [-0.39, 0.29) is 36.9 Å². The average molecular weight is 481 g/mol. The zero-order chi connectivity index (χ0) is 24.7. The van der Waals surface area contributed by atoms with Gasteiger partial charge >= 0.3 is 0 Å². The number of fused-ring (bicyclic) bond motifs is 6. The van der Waals surface area contributed by atoms with E-state index in [2.05, 4.69) is 0 Å². The van der Waals surface area contributed by atoms with Crippen molar-refractivity contribution in [1.82, 2.24) is 0 Å². The Hall–Kier alpha value is -1.19. The highest BCUT2D eigenvalue weighted by Gasteiger charge is 2.79. The van der Waals surface area contributed by atoms with Crippen molar-refractivity contribution in [2.24, 2.45) is 22.7 Å². The number of halogens is 1. The first-order chi connectivity index (χ1) is 15.9. The van der Waals surface area contributed by atoms with Crippen molar-refractivity contribution < 1.29 is 38.0 Å². The van der Waals surface area contributed by atoms with Gasteiger partial charge < -0.3 is 24.1 Å². The van der Waals surface area contributed by atoms with Gasteiger partial charge in [0.25, 0.3) is 5.97 Å². The van der Waals surface area contributed by atoms with Gasteiger partial charge in [-0.2, -0.15) is 0 Å². The summed E-state index contributed by atoms with van der Waals surface area (Å²) in [7, 11) is 1.55. The summed E-state index contributed by atoms with van der Waals surface area (Å²) in [6, 6.07) is 0. The molecule has 0 radical (unpaired) electrons. The molecule has 0 bridgehead atoms. The molecule has 8 heteroatoms. The van der Waals surface area contributed by atoms with E-state index in [1.165, 1.54) is 0 Å². The molecule has 0 aromatic carbocycles. The van der Waals surface area contributed by atoms with E-state index in [1.54, 1.807) is 20.1 Å². The topological polar surface area (TPSA) is 91.3 Å². The van der Waals surface area contributed by atoms with E-state index < -0.39 is 46.2 Å². The van der Waals surface area contributed by atoms with Crippen LogP contribution in [0.25, 0.3) is 0 Å². The Bertz CT molecular complexity index is 936. The van der Waals surface area contributed by atoms with Gasteiger partial charge in [-0.05, 0) is 51.0 Å². The van der Waals surface area contributed by atoms with Crippen LogP contribution < -0.4 is 0 Å². The first-order valence-electron chi connectivity index (χ1n) is 12.6. The van der Waals surface area contributed by atoms with Gasteiger partial charge in [0.1, 0.15) is 12.3 Å². The largest absolute Gasteiger partial charge is 0.390 e. The van der Waals surface area contributed by atoms with Gasteiger partial charge in [0, 0.05) is 43.8 Å². The summed E-state index contributed by atoms with van der Waals surface area (Å²) in [6.07, 6.45) is 1.94. The third-order valence-corrected chi connectivity index (χ3v) is 10.1. The van der Waals surface area contributed by atoms with Crippen LogP contribution >= 0.6 is 0 Å². The minimum Gasteiger partial charge on any atom is -0.390 e. The molecule has 34 heavy (non-hydrogen) atoms. The number of aliphatic hydroxyl groups excluding tert-OH is 1. The molecule has 5 aliphatic rings. The molecule has 1 saturated heterocycles. The Labute approximate surface area is 200 Å². The summed E-state index contributed by atoms with van der Waals surface area (Å²) in [6.45, 7) is 7.39. The fourth-order valence-corrected chi connectivity index (χ4v) is 8.50. The molecule has 1 N–H and O–H groups in total. The minimum atomic E-state index is -1.90. The standard InChI is InChI=1S/C26H37FO7/c1-6-32-24(4)33-14-20(30)26(34-24)21(31-5)12-18-17-8-7-15-11-16(28)9-10-22(15,2)25(17,27)19(29)13-23(18,26)3/h11,17-19,21,29H,6-10,12-14H2,1-5H3/t17-,18-,19-,21+,22-,23-,24?,25-,26+/m0/s1. The molecule has 7 nitrogen and oxygen atoms in total. The lowest BCUT2D eigenvalue weighted by Gasteiger charge is -2.64. The highest BCUT2D eigenvalue weighted by molar-refractivity contribution is 5.92. The lowest BCUT2D eigenvalue weighted by atomic mass is 9.43. The third-order valence-electron chi connectivity index (χ3n) is 10.1. The summed E-state index contributed by atoms with van der Waals surface area (Å²) >= 11 is 0. The second-order valence-electron chi connectivity index (χ2n) is 11.4. The molecule has 0 amide bonds. The summed E-state index contributed by atoms with van der Waals surface area (Å²) in [5, 5.41) is 11.6. The number of alkyl halides is 1. The van der Waals surface area contributed by atoms with Gasteiger partial charge in [0.05, 0.1) is 12.2 Å². The van der Waals surface area contributed by atoms with Crippen LogP contribution in [0.5, 0.6) is 0 Å².